The van der Waals surface area contributed by atoms with Gasteiger partial charge in [-0.2, -0.15) is 0 Å². The summed E-state index contributed by atoms with van der Waals surface area (Å²) in [5.74, 6) is 0.935. The van der Waals surface area contributed by atoms with E-state index >= 15 is 0 Å². The number of rotatable bonds is 1. The van der Waals surface area contributed by atoms with Crippen LogP contribution in [0.15, 0.2) is 0 Å². The summed E-state index contributed by atoms with van der Waals surface area (Å²) >= 11 is 6.04. The van der Waals surface area contributed by atoms with Crippen molar-refractivity contribution in [3.63, 3.8) is 0 Å². The minimum atomic E-state index is 0.491. The third-order valence-corrected chi connectivity index (χ3v) is 3.76. The zero-order valence-electron chi connectivity index (χ0n) is 9.63. The standard InChI is InChI=1S/C11H18ClN3/c1-8-13-14-10(12)15(8)9-4-6-11(2,3)7-5-9/h9H,4-7H2,1-3H3. The van der Waals surface area contributed by atoms with Gasteiger partial charge >= 0.3 is 0 Å². The molecule has 1 aromatic heterocycles. The number of aromatic nitrogens is 3. The molecular weight excluding hydrogens is 210 g/mol. The van der Waals surface area contributed by atoms with E-state index in [4.69, 9.17) is 11.6 Å². The van der Waals surface area contributed by atoms with Crippen molar-refractivity contribution in [1.29, 1.82) is 0 Å². The van der Waals surface area contributed by atoms with Crippen LogP contribution in [0.25, 0.3) is 0 Å². The first-order valence-corrected chi connectivity index (χ1v) is 5.94. The van der Waals surface area contributed by atoms with E-state index in [1.54, 1.807) is 0 Å². The highest BCUT2D eigenvalue weighted by atomic mass is 35.5. The van der Waals surface area contributed by atoms with Gasteiger partial charge in [0.2, 0.25) is 5.28 Å². The van der Waals surface area contributed by atoms with E-state index in [1.165, 1.54) is 25.7 Å². The van der Waals surface area contributed by atoms with E-state index in [1.807, 2.05) is 6.92 Å². The summed E-state index contributed by atoms with van der Waals surface area (Å²) in [5, 5.41) is 8.45. The molecule has 4 heteroatoms. The quantitative estimate of drug-likeness (QED) is 0.737. The van der Waals surface area contributed by atoms with Gasteiger partial charge in [-0.15, -0.1) is 10.2 Å². The minimum Gasteiger partial charge on any atom is -0.299 e. The van der Waals surface area contributed by atoms with Crippen LogP contribution in [-0.2, 0) is 0 Å². The Labute approximate surface area is 95.8 Å². The molecule has 0 aromatic carbocycles. The molecule has 0 amide bonds. The maximum atomic E-state index is 6.04. The number of hydrogen-bond acceptors (Lipinski definition) is 2. The van der Waals surface area contributed by atoms with Crippen LogP contribution in [-0.4, -0.2) is 14.8 Å². The summed E-state index contributed by atoms with van der Waals surface area (Å²) in [5.41, 5.74) is 0.491. The lowest BCUT2D eigenvalue weighted by molar-refractivity contribution is 0.192. The Morgan fingerprint density at radius 2 is 1.87 bits per heavy atom. The van der Waals surface area contributed by atoms with Crippen LogP contribution < -0.4 is 0 Å². The van der Waals surface area contributed by atoms with Gasteiger partial charge in [-0.25, -0.2) is 0 Å². The average molecular weight is 228 g/mol. The monoisotopic (exact) mass is 227 g/mol. The molecule has 84 valence electrons. The summed E-state index contributed by atoms with van der Waals surface area (Å²) < 4.78 is 2.08. The molecule has 0 aliphatic heterocycles. The molecule has 1 saturated carbocycles. The molecule has 0 unspecified atom stereocenters. The summed E-state index contributed by atoms with van der Waals surface area (Å²) in [6.07, 6.45) is 4.88. The van der Waals surface area contributed by atoms with Crippen LogP contribution in [0.4, 0.5) is 0 Å². The fourth-order valence-electron chi connectivity index (χ4n) is 2.40. The lowest BCUT2D eigenvalue weighted by Gasteiger charge is -2.35. The Bertz CT molecular complexity index is 327. The Balaban J connectivity index is 2.14. The van der Waals surface area contributed by atoms with Gasteiger partial charge in [0, 0.05) is 6.04 Å². The van der Waals surface area contributed by atoms with Crippen LogP contribution in [0.1, 0.15) is 51.4 Å². The summed E-state index contributed by atoms with van der Waals surface area (Å²) in [4.78, 5) is 0. The van der Waals surface area contributed by atoms with Crippen molar-refractivity contribution >= 4 is 11.6 Å². The first-order valence-electron chi connectivity index (χ1n) is 5.57. The van der Waals surface area contributed by atoms with Gasteiger partial charge in [-0.3, -0.25) is 4.57 Å². The minimum absolute atomic E-state index is 0.491. The molecule has 3 nitrogen and oxygen atoms in total. The molecule has 0 N–H and O–H groups in total. The smallest absolute Gasteiger partial charge is 0.225 e. The molecule has 1 fully saturated rings. The lowest BCUT2D eigenvalue weighted by Crippen LogP contribution is -2.24. The molecule has 1 heterocycles. The predicted molar refractivity (Wildman–Crippen MR) is 61.1 cm³/mol. The molecule has 0 bridgehead atoms. The maximum Gasteiger partial charge on any atom is 0.225 e. The number of halogens is 1. The Kier molecular flexibility index (Phi) is 2.75. The maximum absolute atomic E-state index is 6.04. The van der Waals surface area contributed by atoms with E-state index in [2.05, 4.69) is 28.6 Å². The van der Waals surface area contributed by atoms with Crippen LogP contribution in [0, 0.1) is 12.3 Å². The van der Waals surface area contributed by atoms with Crippen LogP contribution in [0.2, 0.25) is 5.28 Å². The van der Waals surface area contributed by atoms with Gasteiger partial charge in [-0.05, 0) is 49.6 Å². The molecule has 0 spiro atoms. The number of hydrogen-bond donors (Lipinski definition) is 0. The third kappa shape index (κ3) is 2.17. The van der Waals surface area contributed by atoms with Gasteiger partial charge in [0.05, 0.1) is 0 Å². The van der Waals surface area contributed by atoms with Crippen molar-refractivity contribution in [1.82, 2.24) is 14.8 Å². The van der Waals surface area contributed by atoms with E-state index in [0.29, 0.717) is 16.7 Å². The fraction of sp³-hybridized carbons (Fsp3) is 0.818. The topological polar surface area (TPSA) is 30.7 Å². The molecule has 0 saturated heterocycles. The highest BCUT2D eigenvalue weighted by Crippen LogP contribution is 2.41. The van der Waals surface area contributed by atoms with E-state index in [9.17, 15) is 0 Å². The molecular formula is C11H18ClN3. The number of aryl methyl sites for hydroxylation is 1. The summed E-state index contributed by atoms with van der Waals surface area (Å²) in [7, 11) is 0. The van der Waals surface area contributed by atoms with Crippen molar-refractivity contribution in [3.8, 4) is 0 Å². The largest absolute Gasteiger partial charge is 0.299 e. The molecule has 0 radical (unpaired) electrons. The zero-order valence-corrected chi connectivity index (χ0v) is 10.4. The zero-order chi connectivity index (χ0) is 11.1. The second-order valence-corrected chi connectivity index (χ2v) is 5.62. The van der Waals surface area contributed by atoms with Crippen molar-refractivity contribution < 1.29 is 0 Å². The van der Waals surface area contributed by atoms with Crippen molar-refractivity contribution in [2.75, 3.05) is 0 Å². The molecule has 15 heavy (non-hydrogen) atoms. The molecule has 0 atom stereocenters. The highest BCUT2D eigenvalue weighted by molar-refractivity contribution is 6.28. The van der Waals surface area contributed by atoms with Gasteiger partial charge in [0.1, 0.15) is 5.82 Å². The van der Waals surface area contributed by atoms with E-state index in [0.717, 1.165) is 5.82 Å². The Morgan fingerprint density at radius 3 is 2.33 bits per heavy atom. The Hall–Kier alpha value is -0.570. The van der Waals surface area contributed by atoms with Crippen LogP contribution >= 0.6 is 11.6 Å². The summed E-state index contributed by atoms with van der Waals surface area (Å²) in [6, 6.07) is 0.500. The second kappa shape index (κ2) is 3.78. The third-order valence-electron chi connectivity index (χ3n) is 3.50. The first kappa shape index (κ1) is 10.9. The molecule has 1 aliphatic rings. The van der Waals surface area contributed by atoms with Crippen molar-refractivity contribution in [2.24, 2.45) is 5.41 Å². The van der Waals surface area contributed by atoms with Crippen molar-refractivity contribution in [3.05, 3.63) is 11.1 Å². The van der Waals surface area contributed by atoms with E-state index < -0.39 is 0 Å². The van der Waals surface area contributed by atoms with Gasteiger partial charge in [0.25, 0.3) is 0 Å². The Morgan fingerprint density at radius 1 is 1.27 bits per heavy atom. The van der Waals surface area contributed by atoms with Gasteiger partial charge < -0.3 is 0 Å². The SMILES string of the molecule is Cc1nnc(Cl)n1C1CCC(C)(C)CC1. The van der Waals surface area contributed by atoms with E-state index in [-0.39, 0.29) is 0 Å². The normalized spacial score (nSPS) is 21.9. The summed E-state index contributed by atoms with van der Waals surface area (Å²) in [6.45, 7) is 6.65. The first-order chi connectivity index (χ1) is 6.99. The van der Waals surface area contributed by atoms with Crippen LogP contribution in [0.5, 0.6) is 0 Å². The fourth-order valence-corrected chi connectivity index (χ4v) is 2.70. The van der Waals surface area contributed by atoms with Crippen molar-refractivity contribution in [2.45, 2.75) is 52.5 Å². The van der Waals surface area contributed by atoms with Crippen LogP contribution in [0.3, 0.4) is 0 Å². The number of nitrogens with zero attached hydrogens (tertiary/aromatic N) is 3. The predicted octanol–water partition coefficient (Wildman–Crippen LogP) is 3.38. The lowest BCUT2D eigenvalue weighted by atomic mass is 9.75. The molecule has 1 aromatic rings. The molecule has 2 rings (SSSR count). The van der Waals surface area contributed by atoms with Gasteiger partial charge in [0.15, 0.2) is 0 Å². The second-order valence-electron chi connectivity index (χ2n) is 5.28. The van der Waals surface area contributed by atoms with Gasteiger partial charge in [-0.1, -0.05) is 13.8 Å². The average Bonchev–Trinajstić information content (AvgIpc) is 2.48. The molecule has 1 aliphatic carbocycles. The highest BCUT2D eigenvalue weighted by Gasteiger charge is 2.29.